The number of nitrogens with one attached hydrogen (secondary N) is 2. The van der Waals surface area contributed by atoms with Crippen molar-refractivity contribution in [2.75, 3.05) is 10.6 Å². The highest BCUT2D eigenvalue weighted by Gasteiger charge is 2.15. The molecule has 24 heavy (non-hydrogen) atoms. The van der Waals surface area contributed by atoms with E-state index in [4.69, 9.17) is 0 Å². The van der Waals surface area contributed by atoms with Crippen LogP contribution in [0.4, 0.5) is 25.8 Å². The topological polar surface area (TPSA) is 24.1 Å². The normalized spacial score (nSPS) is 12.1. The molecule has 3 aromatic rings. The third kappa shape index (κ3) is 2.83. The van der Waals surface area contributed by atoms with Gasteiger partial charge in [0.25, 0.3) is 0 Å². The Morgan fingerprint density at radius 3 is 2.42 bits per heavy atom. The number of hydrogen-bond acceptors (Lipinski definition) is 3. The minimum Gasteiger partial charge on any atom is -0.381 e. The average molecular weight is 340 g/mol. The molecule has 1 aliphatic rings. The average Bonchev–Trinajstić information content (AvgIpc) is 2.59. The summed E-state index contributed by atoms with van der Waals surface area (Å²) in [6.45, 7) is 0.0982. The smallest absolute Gasteiger partial charge is 0.131 e. The predicted octanol–water partition coefficient (Wildman–Crippen LogP) is 5.79. The predicted molar refractivity (Wildman–Crippen MR) is 94.0 cm³/mol. The minimum absolute atomic E-state index is 0.0444. The van der Waals surface area contributed by atoms with E-state index in [-0.39, 0.29) is 12.1 Å². The molecule has 0 atom stereocenters. The minimum atomic E-state index is -0.539. The lowest BCUT2D eigenvalue weighted by Gasteiger charge is -2.21. The van der Waals surface area contributed by atoms with E-state index in [2.05, 4.69) is 16.7 Å². The van der Waals surface area contributed by atoms with E-state index < -0.39 is 11.6 Å². The second kappa shape index (κ2) is 6.17. The molecule has 0 bridgehead atoms. The fourth-order valence-electron chi connectivity index (χ4n) is 2.64. The van der Waals surface area contributed by atoms with Crippen molar-refractivity contribution >= 4 is 28.8 Å². The third-order valence-corrected chi connectivity index (χ3v) is 5.04. The van der Waals surface area contributed by atoms with Gasteiger partial charge < -0.3 is 10.6 Å². The van der Waals surface area contributed by atoms with Crippen LogP contribution >= 0.6 is 11.8 Å². The van der Waals surface area contributed by atoms with Gasteiger partial charge in [0.15, 0.2) is 0 Å². The molecule has 1 heterocycles. The van der Waals surface area contributed by atoms with Gasteiger partial charge in [-0.05, 0) is 42.5 Å². The van der Waals surface area contributed by atoms with E-state index >= 15 is 0 Å². The molecule has 4 rings (SSSR count). The number of para-hydroxylation sites is 1. The van der Waals surface area contributed by atoms with Crippen LogP contribution in [0.5, 0.6) is 0 Å². The van der Waals surface area contributed by atoms with Gasteiger partial charge >= 0.3 is 0 Å². The van der Waals surface area contributed by atoms with E-state index in [0.29, 0.717) is 0 Å². The Morgan fingerprint density at radius 2 is 1.58 bits per heavy atom. The van der Waals surface area contributed by atoms with Gasteiger partial charge in [-0.15, -0.1) is 0 Å². The number of anilines is 3. The highest BCUT2D eigenvalue weighted by molar-refractivity contribution is 7.99. The summed E-state index contributed by atoms with van der Waals surface area (Å²) in [4.78, 5) is 2.30. The summed E-state index contributed by atoms with van der Waals surface area (Å²) >= 11 is 1.70. The van der Waals surface area contributed by atoms with Crippen molar-refractivity contribution in [3.05, 3.63) is 77.9 Å². The van der Waals surface area contributed by atoms with E-state index in [1.807, 2.05) is 36.4 Å². The Kier molecular flexibility index (Phi) is 3.86. The highest BCUT2D eigenvalue weighted by atomic mass is 32.2. The van der Waals surface area contributed by atoms with Crippen molar-refractivity contribution < 1.29 is 8.78 Å². The van der Waals surface area contributed by atoms with E-state index in [9.17, 15) is 8.78 Å². The van der Waals surface area contributed by atoms with E-state index in [1.54, 1.807) is 11.8 Å². The maximum absolute atomic E-state index is 13.7. The fourth-order valence-corrected chi connectivity index (χ4v) is 3.61. The molecule has 2 nitrogen and oxygen atoms in total. The second-order valence-corrected chi connectivity index (χ2v) is 6.57. The highest BCUT2D eigenvalue weighted by Crippen LogP contribution is 2.44. The molecule has 0 amide bonds. The molecule has 5 heteroatoms. The largest absolute Gasteiger partial charge is 0.381 e. The SMILES string of the molecule is Fc1cccc(F)c1CNc1ccc2c(c1)Nc1ccccc1S2. The molecular formula is C19H14F2N2S. The van der Waals surface area contributed by atoms with Crippen molar-refractivity contribution in [3.63, 3.8) is 0 Å². The van der Waals surface area contributed by atoms with Gasteiger partial charge in [0.1, 0.15) is 11.6 Å². The Labute approximate surface area is 142 Å². The summed E-state index contributed by atoms with van der Waals surface area (Å²) in [5.74, 6) is -1.08. The van der Waals surface area contributed by atoms with Crippen LogP contribution in [0.2, 0.25) is 0 Å². The van der Waals surface area contributed by atoms with Crippen LogP contribution < -0.4 is 10.6 Å². The van der Waals surface area contributed by atoms with Gasteiger partial charge in [-0.3, -0.25) is 0 Å². The maximum Gasteiger partial charge on any atom is 0.131 e. The van der Waals surface area contributed by atoms with E-state index in [1.165, 1.54) is 23.1 Å². The lowest BCUT2D eigenvalue weighted by molar-refractivity contribution is 0.560. The van der Waals surface area contributed by atoms with Crippen molar-refractivity contribution in [1.82, 2.24) is 0 Å². The van der Waals surface area contributed by atoms with Gasteiger partial charge in [-0.25, -0.2) is 8.78 Å². The monoisotopic (exact) mass is 340 g/mol. The third-order valence-electron chi connectivity index (χ3n) is 3.89. The molecule has 0 saturated carbocycles. The molecule has 0 unspecified atom stereocenters. The number of fused-ring (bicyclic) bond motifs is 2. The number of halogens is 2. The molecule has 0 radical (unpaired) electrons. The molecule has 0 aliphatic carbocycles. The first-order valence-electron chi connectivity index (χ1n) is 7.55. The Hall–Kier alpha value is -2.53. The van der Waals surface area contributed by atoms with E-state index in [0.717, 1.165) is 22.0 Å². The van der Waals surface area contributed by atoms with Crippen molar-refractivity contribution in [2.24, 2.45) is 0 Å². The first-order valence-corrected chi connectivity index (χ1v) is 8.37. The molecular weight excluding hydrogens is 326 g/mol. The first-order chi connectivity index (χ1) is 11.7. The lowest BCUT2D eigenvalue weighted by Crippen LogP contribution is -2.06. The van der Waals surface area contributed by atoms with Crippen LogP contribution in [0.1, 0.15) is 5.56 Å². The van der Waals surface area contributed by atoms with Crippen LogP contribution in [-0.4, -0.2) is 0 Å². The number of hydrogen-bond donors (Lipinski definition) is 2. The lowest BCUT2D eigenvalue weighted by atomic mass is 10.2. The molecule has 2 N–H and O–H groups in total. The van der Waals surface area contributed by atoms with Crippen molar-refractivity contribution in [3.8, 4) is 0 Å². The van der Waals surface area contributed by atoms with Gasteiger partial charge in [-0.2, -0.15) is 0 Å². The molecule has 120 valence electrons. The number of benzene rings is 3. The Balaban J connectivity index is 1.55. The van der Waals surface area contributed by atoms with Crippen LogP contribution in [0.15, 0.2) is 70.5 Å². The summed E-state index contributed by atoms with van der Waals surface area (Å²) in [7, 11) is 0. The van der Waals surface area contributed by atoms with Crippen LogP contribution in [0.25, 0.3) is 0 Å². The fraction of sp³-hybridized carbons (Fsp3) is 0.0526. The van der Waals surface area contributed by atoms with Crippen molar-refractivity contribution in [1.29, 1.82) is 0 Å². The molecule has 1 aliphatic heterocycles. The Bertz CT molecular complexity index is 891. The zero-order chi connectivity index (χ0) is 16.5. The molecule has 0 fully saturated rings. The molecule has 0 spiro atoms. The number of rotatable bonds is 3. The zero-order valence-electron chi connectivity index (χ0n) is 12.6. The summed E-state index contributed by atoms with van der Waals surface area (Å²) in [5, 5.41) is 6.48. The summed E-state index contributed by atoms with van der Waals surface area (Å²) in [5.41, 5.74) is 2.90. The van der Waals surface area contributed by atoms with Crippen LogP contribution in [0, 0.1) is 11.6 Å². The summed E-state index contributed by atoms with van der Waals surface area (Å²) in [6, 6.07) is 17.9. The summed E-state index contributed by atoms with van der Waals surface area (Å²) < 4.78 is 27.4. The van der Waals surface area contributed by atoms with Gasteiger partial charge in [-0.1, -0.05) is 30.0 Å². The van der Waals surface area contributed by atoms with Crippen LogP contribution in [0.3, 0.4) is 0 Å². The van der Waals surface area contributed by atoms with Crippen molar-refractivity contribution in [2.45, 2.75) is 16.3 Å². The standard InChI is InChI=1S/C19H14F2N2S/c20-14-4-3-5-15(21)13(14)11-22-12-8-9-19-17(10-12)23-16-6-1-2-7-18(16)24-19/h1-10,22-23H,11H2. The zero-order valence-corrected chi connectivity index (χ0v) is 13.5. The Morgan fingerprint density at radius 1 is 0.833 bits per heavy atom. The van der Waals surface area contributed by atoms with Gasteiger partial charge in [0, 0.05) is 27.6 Å². The van der Waals surface area contributed by atoms with Crippen LogP contribution in [-0.2, 0) is 6.54 Å². The maximum atomic E-state index is 13.7. The quantitative estimate of drug-likeness (QED) is 0.494. The second-order valence-electron chi connectivity index (χ2n) is 5.49. The molecule has 0 aromatic heterocycles. The van der Waals surface area contributed by atoms with Gasteiger partial charge in [0.2, 0.25) is 0 Å². The molecule has 0 saturated heterocycles. The summed E-state index contributed by atoms with van der Waals surface area (Å²) in [6.07, 6.45) is 0. The van der Waals surface area contributed by atoms with Gasteiger partial charge in [0.05, 0.1) is 11.4 Å². The first kappa shape index (κ1) is 15.0. The molecule has 3 aromatic carbocycles.